The number of rotatable bonds is 8. The Bertz CT molecular complexity index is 697. The van der Waals surface area contributed by atoms with Crippen molar-refractivity contribution in [1.82, 2.24) is 0 Å². The fraction of sp³-hybridized carbons (Fsp3) is 0.875. The van der Waals surface area contributed by atoms with E-state index in [1.165, 1.54) is 89.9 Å². The quantitative estimate of drug-likeness (QED) is 0.261. The maximum Gasteiger partial charge on any atom is -0.00825 e. The van der Waals surface area contributed by atoms with Gasteiger partial charge in [0, 0.05) is 0 Å². The highest BCUT2D eigenvalue weighted by molar-refractivity contribution is 5.27. The van der Waals surface area contributed by atoms with Gasteiger partial charge < -0.3 is 0 Å². The van der Waals surface area contributed by atoms with Gasteiger partial charge in [-0.25, -0.2) is 0 Å². The van der Waals surface area contributed by atoms with Crippen LogP contribution in [0.25, 0.3) is 0 Å². The first kappa shape index (κ1) is 24.6. The second kappa shape index (κ2) is 9.62. The van der Waals surface area contributed by atoms with Crippen LogP contribution in [-0.2, 0) is 0 Å². The molecule has 32 heavy (non-hydrogen) atoms. The summed E-state index contributed by atoms with van der Waals surface area (Å²) < 4.78 is 0. The van der Waals surface area contributed by atoms with Crippen molar-refractivity contribution in [3.05, 3.63) is 23.8 Å². The van der Waals surface area contributed by atoms with E-state index in [1.807, 2.05) is 5.57 Å². The molecule has 0 aliphatic heterocycles. The molecule has 182 valence electrons. The van der Waals surface area contributed by atoms with Gasteiger partial charge in [-0.15, -0.1) is 0 Å². The molecule has 0 aromatic heterocycles. The molecule has 0 saturated heterocycles. The van der Waals surface area contributed by atoms with Crippen LogP contribution in [0.4, 0.5) is 0 Å². The number of hydrogen-bond acceptors (Lipinski definition) is 0. The van der Waals surface area contributed by atoms with Crippen molar-refractivity contribution in [2.24, 2.45) is 45.8 Å². The first-order valence-corrected chi connectivity index (χ1v) is 14.5. The van der Waals surface area contributed by atoms with E-state index in [2.05, 4.69) is 59.8 Å². The molecule has 3 fully saturated rings. The van der Waals surface area contributed by atoms with Gasteiger partial charge in [0.15, 0.2) is 0 Å². The molecule has 7 unspecified atom stereocenters. The number of allylic oxidation sites excluding steroid dienone is 4. The zero-order chi connectivity index (χ0) is 23.0. The third-order valence-corrected chi connectivity index (χ3v) is 11.5. The Labute approximate surface area is 201 Å². The minimum atomic E-state index is 0.501. The van der Waals surface area contributed by atoms with E-state index in [4.69, 9.17) is 0 Å². The zero-order valence-corrected chi connectivity index (χ0v) is 22.5. The largest absolute Gasteiger partial charge is 0.0917 e. The summed E-state index contributed by atoms with van der Waals surface area (Å²) in [5.74, 6) is 4.71. The van der Waals surface area contributed by atoms with Crippen LogP contribution in [-0.4, -0.2) is 0 Å². The Morgan fingerprint density at radius 1 is 0.938 bits per heavy atom. The molecule has 7 atom stereocenters. The first-order chi connectivity index (χ1) is 15.2. The predicted molar refractivity (Wildman–Crippen MR) is 141 cm³/mol. The summed E-state index contributed by atoms with van der Waals surface area (Å²) in [6, 6.07) is 0. The molecule has 0 heterocycles. The van der Waals surface area contributed by atoms with Gasteiger partial charge in [-0.3, -0.25) is 0 Å². The first-order valence-electron chi connectivity index (χ1n) is 14.5. The Balaban J connectivity index is 1.46. The van der Waals surface area contributed by atoms with Crippen LogP contribution in [0.5, 0.6) is 0 Å². The van der Waals surface area contributed by atoms with E-state index < -0.39 is 0 Å². The van der Waals surface area contributed by atoms with Gasteiger partial charge in [-0.2, -0.15) is 0 Å². The van der Waals surface area contributed by atoms with Crippen molar-refractivity contribution in [3.63, 3.8) is 0 Å². The number of hydrogen-bond donors (Lipinski definition) is 0. The average Bonchev–Trinajstić information content (AvgIpc) is 3.09. The topological polar surface area (TPSA) is 0 Å². The summed E-state index contributed by atoms with van der Waals surface area (Å²) in [5.41, 5.74) is 3.55. The molecule has 0 nitrogen and oxygen atoms in total. The minimum absolute atomic E-state index is 0.501. The van der Waals surface area contributed by atoms with Gasteiger partial charge in [0.25, 0.3) is 0 Å². The monoisotopic (exact) mass is 438 g/mol. The van der Waals surface area contributed by atoms with Crippen molar-refractivity contribution in [2.45, 2.75) is 131 Å². The summed E-state index contributed by atoms with van der Waals surface area (Å²) in [6.45, 7) is 15.1. The molecule has 0 radical (unpaired) electrons. The molecule has 0 aromatic carbocycles. The molecule has 0 amide bonds. The zero-order valence-electron chi connectivity index (χ0n) is 22.5. The van der Waals surface area contributed by atoms with Gasteiger partial charge in [0.2, 0.25) is 0 Å². The molecule has 0 N–H and O–H groups in total. The lowest BCUT2D eigenvalue weighted by atomic mass is 9.41. The lowest BCUT2D eigenvalue weighted by Crippen LogP contribution is -2.55. The second-order valence-corrected chi connectivity index (χ2v) is 13.7. The van der Waals surface area contributed by atoms with Gasteiger partial charge in [0.1, 0.15) is 0 Å². The predicted octanol–water partition coefficient (Wildman–Crippen LogP) is 10.1. The van der Waals surface area contributed by atoms with Crippen molar-refractivity contribution >= 4 is 0 Å². The molecule has 4 rings (SSSR count). The maximum absolute atomic E-state index is 2.79. The van der Waals surface area contributed by atoms with E-state index >= 15 is 0 Å². The van der Waals surface area contributed by atoms with Crippen LogP contribution >= 0.6 is 0 Å². The third-order valence-electron chi connectivity index (χ3n) is 11.5. The Morgan fingerprint density at radius 3 is 2.50 bits per heavy atom. The van der Waals surface area contributed by atoms with E-state index in [-0.39, 0.29) is 0 Å². The third kappa shape index (κ3) is 4.31. The molecule has 0 heteroatoms. The summed E-state index contributed by atoms with van der Waals surface area (Å²) in [4.78, 5) is 0. The van der Waals surface area contributed by atoms with E-state index in [1.54, 1.807) is 0 Å². The SMILES string of the molecule is C/C=C\CCC1CCC2(C)C(=CCC3(C)C2CCC2(C)C(CCCCC(C)C)CCC23)C1. The van der Waals surface area contributed by atoms with Crippen LogP contribution in [0.3, 0.4) is 0 Å². The van der Waals surface area contributed by atoms with Gasteiger partial charge in [0.05, 0.1) is 0 Å². The van der Waals surface area contributed by atoms with Gasteiger partial charge >= 0.3 is 0 Å². The standard InChI is InChI=1S/C32H54/c1-7-8-9-13-25-17-20-31(5)27(23-25)18-21-32(6)28-16-15-26(14-11-10-12-24(2)3)30(28,4)22-19-29(31)32/h7-8,18,24-26,28-29H,9-17,19-23H2,1-6H3/b8-7-. The van der Waals surface area contributed by atoms with Crippen LogP contribution < -0.4 is 0 Å². The molecule has 4 aliphatic carbocycles. The molecular formula is C32H54. The van der Waals surface area contributed by atoms with Gasteiger partial charge in [-0.05, 0) is 123 Å². The van der Waals surface area contributed by atoms with E-state index in [0.29, 0.717) is 16.2 Å². The van der Waals surface area contributed by atoms with Crippen LogP contribution in [0, 0.1) is 45.8 Å². The number of fused-ring (bicyclic) bond motifs is 5. The van der Waals surface area contributed by atoms with Crippen molar-refractivity contribution in [1.29, 1.82) is 0 Å². The fourth-order valence-corrected chi connectivity index (χ4v) is 9.66. The van der Waals surface area contributed by atoms with Gasteiger partial charge in [-0.1, -0.05) is 77.7 Å². The van der Waals surface area contributed by atoms with Crippen LogP contribution in [0.2, 0.25) is 0 Å². The highest BCUT2D eigenvalue weighted by Gasteiger charge is 2.63. The normalized spacial score (nSPS) is 43.8. The summed E-state index contributed by atoms with van der Waals surface area (Å²) in [7, 11) is 0. The molecule has 3 saturated carbocycles. The summed E-state index contributed by atoms with van der Waals surface area (Å²) in [6.07, 6.45) is 27.7. The van der Waals surface area contributed by atoms with E-state index in [0.717, 1.165) is 29.6 Å². The Morgan fingerprint density at radius 2 is 1.75 bits per heavy atom. The number of unbranched alkanes of at least 4 members (excludes halogenated alkanes) is 1. The lowest BCUT2D eigenvalue weighted by Gasteiger charge is -2.63. The lowest BCUT2D eigenvalue weighted by molar-refractivity contribution is -0.107. The van der Waals surface area contributed by atoms with E-state index in [9.17, 15) is 0 Å². The van der Waals surface area contributed by atoms with Crippen molar-refractivity contribution < 1.29 is 0 Å². The molecule has 0 spiro atoms. The highest BCUT2D eigenvalue weighted by Crippen LogP contribution is 2.71. The summed E-state index contributed by atoms with van der Waals surface area (Å²) in [5, 5.41) is 0. The average molecular weight is 439 g/mol. The second-order valence-electron chi connectivity index (χ2n) is 13.7. The smallest absolute Gasteiger partial charge is 0.00825 e. The Kier molecular flexibility index (Phi) is 7.39. The highest BCUT2D eigenvalue weighted by atomic mass is 14.7. The molecular weight excluding hydrogens is 384 g/mol. The van der Waals surface area contributed by atoms with Crippen LogP contribution in [0.1, 0.15) is 131 Å². The van der Waals surface area contributed by atoms with Crippen molar-refractivity contribution in [2.75, 3.05) is 0 Å². The van der Waals surface area contributed by atoms with Crippen molar-refractivity contribution in [3.8, 4) is 0 Å². The van der Waals surface area contributed by atoms with Crippen LogP contribution in [0.15, 0.2) is 23.8 Å². The molecule has 4 aliphatic rings. The molecule has 0 aromatic rings. The maximum atomic E-state index is 2.79. The fourth-order valence-electron chi connectivity index (χ4n) is 9.66. The minimum Gasteiger partial charge on any atom is -0.0917 e. The summed E-state index contributed by atoms with van der Waals surface area (Å²) >= 11 is 0. The molecule has 0 bridgehead atoms. The Hall–Kier alpha value is -0.520.